The van der Waals surface area contributed by atoms with E-state index in [9.17, 15) is 15.0 Å². The molecule has 0 heterocycles. The summed E-state index contributed by atoms with van der Waals surface area (Å²) < 4.78 is 4.46. The first-order valence-corrected chi connectivity index (χ1v) is 4.16. The van der Waals surface area contributed by atoms with Crippen LogP contribution in [0.15, 0.2) is 0 Å². The number of rotatable bonds is 5. The van der Waals surface area contributed by atoms with Crippen molar-refractivity contribution in [2.75, 3.05) is 6.61 Å². The molecule has 0 radical (unpaired) electrons. The summed E-state index contributed by atoms with van der Waals surface area (Å²) >= 11 is 0. The summed E-state index contributed by atoms with van der Waals surface area (Å²) in [5.74, 6) is -0.530. The Hall–Kier alpha value is -0.650. The summed E-state index contributed by atoms with van der Waals surface area (Å²) in [5, 5.41) is 27.5. The van der Waals surface area contributed by atoms with Gasteiger partial charge in [-0.25, -0.2) is 0 Å². The van der Waals surface area contributed by atoms with Gasteiger partial charge < -0.3 is 20.1 Å². The molecule has 0 aliphatic heterocycles. The molecule has 0 fully saturated rings. The Bertz CT molecular complexity index is 159. The van der Waals surface area contributed by atoms with Gasteiger partial charge in [0.2, 0.25) is 0 Å². The number of aliphatic hydroxyl groups excluding tert-OH is 3. The molecule has 3 atom stereocenters. The zero-order valence-corrected chi connectivity index (χ0v) is 7.80. The summed E-state index contributed by atoms with van der Waals surface area (Å²) in [6.07, 6.45) is -3.17. The number of hydrogen-bond acceptors (Lipinski definition) is 5. The van der Waals surface area contributed by atoms with Crippen molar-refractivity contribution in [3.8, 4) is 0 Å². The van der Waals surface area contributed by atoms with Crippen LogP contribution in [0.4, 0.5) is 0 Å². The fraction of sp³-hybridized carbons (Fsp3) is 0.875. The number of carbonyl (C=O) groups excluding carboxylic acids is 1. The normalized spacial score (nSPS) is 17.6. The second-order valence-corrected chi connectivity index (χ2v) is 2.84. The molecule has 0 rings (SSSR count). The standard InChI is InChI=1S/C8H16O5/c1-3-6(10)8(12)7(11)4-13-5(2)9/h6-8,10-12H,3-4H2,1-2H3. The third kappa shape index (κ3) is 4.82. The van der Waals surface area contributed by atoms with Crippen molar-refractivity contribution in [1.29, 1.82) is 0 Å². The van der Waals surface area contributed by atoms with Crippen molar-refractivity contribution < 1.29 is 24.9 Å². The molecule has 0 aromatic rings. The highest BCUT2D eigenvalue weighted by atomic mass is 16.5. The Balaban J connectivity index is 3.81. The Morgan fingerprint density at radius 3 is 2.23 bits per heavy atom. The first-order valence-electron chi connectivity index (χ1n) is 4.16. The zero-order chi connectivity index (χ0) is 10.4. The summed E-state index contributed by atoms with van der Waals surface area (Å²) in [6, 6.07) is 0. The molecule has 0 amide bonds. The van der Waals surface area contributed by atoms with Crippen LogP contribution in [-0.4, -0.2) is 46.2 Å². The van der Waals surface area contributed by atoms with Crippen LogP contribution in [0, 0.1) is 0 Å². The number of carbonyl (C=O) groups is 1. The Morgan fingerprint density at radius 2 is 1.85 bits per heavy atom. The van der Waals surface area contributed by atoms with Gasteiger partial charge in [0.1, 0.15) is 18.8 Å². The maximum Gasteiger partial charge on any atom is 0.302 e. The van der Waals surface area contributed by atoms with Crippen LogP contribution in [0.3, 0.4) is 0 Å². The van der Waals surface area contributed by atoms with E-state index < -0.39 is 24.3 Å². The van der Waals surface area contributed by atoms with Crippen LogP contribution in [0.1, 0.15) is 20.3 Å². The van der Waals surface area contributed by atoms with Gasteiger partial charge in [-0.2, -0.15) is 0 Å². The van der Waals surface area contributed by atoms with E-state index in [-0.39, 0.29) is 6.61 Å². The SMILES string of the molecule is CCC(O)C(O)C(O)COC(C)=O. The lowest BCUT2D eigenvalue weighted by Gasteiger charge is -2.21. The molecule has 0 saturated carbocycles. The van der Waals surface area contributed by atoms with Gasteiger partial charge in [-0.15, -0.1) is 0 Å². The minimum Gasteiger partial charge on any atom is -0.463 e. The van der Waals surface area contributed by atoms with E-state index in [4.69, 9.17) is 5.11 Å². The van der Waals surface area contributed by atoms with Crippen molar-refractivity contribution in [3.63, 3.8) is 0 Å². The minimum absolute atomic E-state index is 0.298. The molecule has 3 N–H and O–H groups in total. The minimum atomic E-state index is -1.27. The number of esters is 1. The Labute approximate surface area is 77.0 Å². The first-order chi connectivity index (χ1) is 5.99. The molecule has 0 aliphatic carbocycles. The Kier molecular flexibility index (Phi) is 5.61. The molecule has 0 aromatic heterocycles. The van der Waals surface area contributed by atoms with Gasteiger partial charge in [0.05, 0.1) is 6.10 Å². The van der Waals surface area contributed by atoms with Gasteiger partial charge in [0, 0.05) is 6.92 Å². The van der Waals surface area contributed by atoms with Crippen LogP contribution < -0.4 is 0 Å². The quantitative estimate of drug-likeness (QED) is 0.488. The van der Waals surface area contributed by atoms with E-state index >= 15 is 0 Å². The van der Waals surface area contributed by atoms with Crippen molar-refractivity contribution in [3.05, 3.63) is 0 Å². The summed E-state index contributed by atoms with van der Waals surface area (Å²) in [4.78, 5) is 10.3. The van der Waals surface area contributed by atoms with E-state index in [2.05, 4.69) is 4.74 Å². The highest BCUT2D eigenvalue weighted by molar-refractivity contribution is 5.65. The monoisotopic (exact) mass is 192 g/mol. The van der Waals surface area contributed by atoms with Crippen LogP contribution in [0.5, 0.6) is 0 Å². The molecule has 5 nitrogen and oxygen atoms in total. The second kappa shape index (κ2) is 5.90. The molecule has 3 unspecified atom stereocenters. The maximum absolute atomic E-state index is 10.3. The largest absolute Gasteiger partial charge is 0.463 e. The molecule has 78 valence electrons. The summed E-state index contributed by atoms with van der Waals surface area (Å²) in [5.41, 5.74) is 0. The summed E-state index contributed by atoms with van der Waals surface area (Å²) in [7, 11) is 0. The fourth-order valence-electron chi connectivity index (χ4n) is 0.799. The van der Waals surface area contributed by atoms with Gasteiger partial charge >= 0.3 is 5.97 Å². The molecule has 0 spiro atoms. The average molecular weight is 192 g/mol. The fourth-order valence-corrected chi connectivity index (χ4v) is 0.799. The van der Waals surface area contributed by atoms with Crippen LogP contribution >= 0.6 is 0 Å². The Morgan fingerprint density at radius 1 is 1.31 bits per heavy atom. The first kappa shape index (κ1) is 12.3. The smallest absolute Gasteiger partial charge is 0.302 e. The lowest BCUT2D eigenvalue weighted by molar-refractivity contribution is -0.149. The van der Waals surface area contributed by atoms with Crippen molar-refractivity contribution in [2.45, 2.75) is 38.6 Å². The van der Waals surface area contributed by atoms with Crippen molar-refractivity contribution >= 4 is 5.97 Å². The lowest BCUT2D eigenvalue weighted by Crippen LogP contribution is -2.40. The van der Waals surface area contributed by atoms with Gasteiger partial charge in [-0.3, -0.25) is 4.79 Å². The van der Waals surface area contributed by atoms with Gasteiger partial charge in [0.25, 0.3) is 0 Å². The summed E-state index contributed by atoms with van der Waals surface area (Å²) in [6.45, 7) is 2.58. The highest BCUT2D eigenvalue weighted by Gasteiger charge is 2.23. The molecule has 0 aliphatic rings. The number of ether oxygens (including phenoxy) is 1. The van der Waals surface area contributed by atoms with Crippen LogP contribution in [0.2, 0.25) is 0 Å². The third-order valence-electron chi connectivity index (χ3n) is 1.66. The van der Waals surface area contributed by atoms with E-state index in [1.165, 1.54) is 6.92 Å². The topological polar surface area (TPSA) is 87.0 Å². The average Bonchev–Trinajstić information content (AvgIpc) is 2.11. The lowest BCUT2D eigenvalue weighted by atomic mass is 10.1. The molecular formula is C8H16O5. The van der Waals surface area contributed by atoms with Crippen LogP contribution in [-0.2, 0) is 9.53 Å². The van der Waals surface area contributed by atoms with E-state index in [0.717, 1.165) is 0 Å². The predicted molar refractivity (Wildman–Crippen MR) is 44.9 cm³/mol. The van der Waals surface area contributed by atoms with Crippen molar-refractivity contribution in [1.82, 2.24) is 0 Å². The van der Waals surface area contributed by atoms with E-state index in [1.54, 1.807) is 6.92 Å². The molecular weight excluding hydrogens is 176 g/mol. The molecule has 5 heteroatoms. The molecule has 13 heavy (non-hydrogen) atoms. The van der Waals surface area contributed by atoms with Crippen LogP contribution in [0.25, 0.3) is 0 Å². The maximum atomic E-state index is 10.3. The van der Waals surface area contributed by atoms with Crippen molar-refractivity contribution in [2.24, 2.45) is 0 Å². The zero-order valence-electron chi connectivity index (χ0n) is 7.80. The van der Waals surface area contributed by atoms with E-state index in [1.807, 2.05) is 0 Å². The third-order valence-corrected chi connectivity index (χ3v) is 1.66. The molecule has 0 bridgehead atoms. The predicted octanol–water partition coefficient (Wildman–Crippen LogP) is -0.958. The number of aliphatic hydroxyl groups is 3. The van der Waals surface area contributed by atoms with Gasteiger partial charge in [-0.1, -0.05) is 6.92 Å². The molecule has 0 aromatic carbocycles. The van der Waals surface area contributed by atoms with E-state index in [0.29, 0.717) is 6.42 Å². The highest BCUT2D eigenvalue weighted by Crippen LogP contribution is 2.04. The molecule has 0 saturated heterocycles. The second-order valence-electron chi connectivity index (χ2n) is 2.84. The van der Waals surface area contributed by atoms with Gasteiger partial charge in [0.15, 0.2) is 0 Å². The van der Waals surface area contributed by atoms with Gasteiger partial charge in [-0.05, 0) is 6.42 Å². The number of hydrogen-bond donors (Lipinski definition) is 3.